The van der Waals surface area contributed by atoms with Gasteiger partial charge in [-0.15, -0.1) is 0 Å². The Balaban J connectivity index is 2.32. The molecule has 0 aromatic rings. The number of halogens is 1. The predicted molar refractivity (Wildman–Crippen MR) is 66.1 cm³/mol. The predicted octanol–water partition coefficient (Wildman–Crippen LogP) is 2.04. The van der Waals surface area contributed by atoms with E-state index in [0.29, 0.717) is 0 Å². The van der Waals surface area contributed by atoms with Crippen LogP contribution in [-0.2, 0) is 0 Å². The minimum absolute atomic E-state index is 0.770. The van der Waals surface area contributed by atoms with E-state index in [2.05, 4.69) is 46.7 Å². The van der Waals surface area contributed by atoms with Crippen molar-refractivity contribution in [3.63, 3.8) is 0 Å². The van der Waals surface area contributed by atoms with E-state index in [1.165, 1.54) is 32.5 Å². The average molecular weight is 263 g/mol. The van der Waals surface area contributed by atoms with Gasteiger partial charge in [0.1, 0.15) is 0 Å². The third-order valence-corrected chi connectivity index (χ3v) is 4.15. The zero-order chi connectivity index (χ0) is 10.6. The van der Waals surface area contributed by atoms with E-state index in [1.807, 2.05) is 0 Å². The maximum absolute atomic E-state index is 3.55. The summed E-state index contributed by atoms with van der Waals surface area (Å²) in [6.45, 7) is 6.11. The quantitative estimate of drug-likeness (QED) is 0.716. The Labute approximate surface area is 96.8 Å². The molecule has 1 aliphatic heterocycles. The molecule has 0 aromatic carbocycles. The highest BCUT2D eigenvalue weighted by Gasteiger charge is 2.21. The molecule has 14 heavy (non-hydrogen) atoms. The fourth-order valence-corrected chi connectivity index (χ4v) is 2.31. The number of likely N-dealkylation sites (tertiary alicyclic amines) is 1. The van der Waals surface area contributed by atoms with Gasteiger partial charge < -0.3 is 9.80 Å². The van der Waals surface area contributed by atoms with Gasteiger partial charge in [0.05, 0.1) is 0 Å². The molecule has 2 atom stereocenters. The summed E-state index contributed by atoms with van der Waals surface area (Å²) in [6, 6.07) is 0.770. The topological polar surface area (TPSA) is 6.48 Å². The van der Waals surface area contributed by atoms with E-state index in [4.69, 9.17) is 0 Å². The fourth-order valence-electron chi connectivity index (χ4n) is 2.11. The smallest absolute Gasteiger partial charge is 0.0217 e. The molecule has 1 fully saturated rings. The number of hydrogen-bond acceptors (Lipinski definition) is 2. The van der Waals surface area contributed by atoms with Crippen LogP contribution < -0.4 is 0 Å². The summed E-state index contributed by atoms with van der Waals surface area (Å²) in [4.78, 5) is 4.98. The molecule has 0 amide bonds. The molecule has 0 aliphatic carbocycles. The summed E-state index contributed by atoms with van der Waals surface area (Å²) in [6.07, 6.45) is 2.73. The Hall–Kier alpha value is 0.400. The van der Waals surface area contributed by atoms with Crippen LogP contribution in [-0.4, -0.2) is 54.9 Å². The Kier molecular flexibility index (Phi) is 5.42. The van der Waals surface area contributed by atoms with E-state index >= 15 is 0 Å². The lowest BCUT2D eigenvalue weighted by Crippen LogP contribution is -2.46. The van der Waals surface area contributed by atoms with Crippen molar-refractivity contribution < 1.29 is 0 Å². The van der Waals surface area contributed by atoms with Crippen LogP contribution in [0.3, 0.4) is 0 Å². The molecule has 0 aromatic heterocycles. The lowest BCUT2D eigenvalue weighted by atomic mass is 10.0. The average Bonchev–Trinajstić information content (AvgIpc) is 2.18. The Morgan fingerprint density at radius 3 is 2.79 bits per heavy atom. The summed E-state index contributed by atoms with van der Waals surface area (Å²) in [5.74, 6) is 0.774. The van der Waals surface area contributed by atoms with E-state index in [-0.39, 0.29) is 0 Å². The van der Waals surface area contributed by atoms with E-state index in [0.717, 1.165) is 17.3 Å². The van der Waals surface area contributed by atoms with Gasteiger partial charge in [-0.05, 0) is 39.4 Å². The van der Waals surface area contributed by atoms with Crippen molar-refractivity contribution in [3.8, 4) is 0 Å². The SMILES string of the molecule is CC(CBr)CN1CCCC(N(C)C)C1. The van der Waals surface area contributed by atoms with Gasteiger partial charge in [-0.25, -0.2) is 0 Å². The Morgan fingerprint density at radius 1 is 1.50 bits per heavy atom. The lowest BCUT2D eigenvalue weighted by Gasteiger charge is -2.37. The maximum atomic E-state index is 3.55. The van der Waals surface area contributed by atoms with Crippen molar-refractivity contribution in [1.82, 2.24) is 9.80 Å². The van der Waals surface area contributed by atoms with Crippen LogP contribution in [0.25, 0.3) is 0 Å². The monoisotopic (exact) mass is 262 g/mol. The molecule has 1 saturated heterocycles. The first-order chi connectivity index (χ1) is 6.63. The normalized spacial score (nSPS) is 26.8. The van der Waals surface area contributed by atoms with Crippen molar-refractivity contribution >= 4 is 15.9 Å². The zero-order valence-electron chi connectivity index (χ0n) is 9.67. The van der Waals surface area contributed by atoms with Crippen LogP contribution in [0.5, 0.6) is 0 Å². The van der Waals surface area contributed by atoms with E-state index < -0.39 is 0 Å². The highest BCUT2D eigenvalue weighted by atomic mass is 79.9. The Bertz CT molecular complexity index is 161. The standard InChI is InChI=1S/C11H23BrN2/c1-10(7-12)8-14-6-4-5-11(9-14)13(2)3/h10-11H,4-9H2,1-3H3. The van der Waals surface area contributed by atoms with Gasteiger partial charge in [-0.2, -0.15) is 0 Å². The molecule has 0 bridgehead atoms. The summed E-state index contributed by atoms with van der Waals surface area (Å²) >= 11 is 3.55. The molecule has 1 rings (SSSR count). The number of alkyl halides is 1. The second-order valence-corrected chi connectivity index (χ2v) is 5.43. The minimum atomic E-state index is 0.770. The molecular formula is C11H23BrN2. The maximum Gasteiger partial charge on any atom is 0.0217 e. The van der Waals surface area contributed by atoms with Crippen LogP contribution in [0.2, 0.25) is 0 Å². The first kappa shape index (κ1) is 12.5. The summed E-state index contributed by atoms with van der Waals surface area (Å²) < 4.78 is 0. The molecule has 2 unspecified atom stereocenters. The van der Waals surface area contributed by atoms with E-state index in [9.17, 15) is 0 Å². The number of rotatable bonds is 4. The molecule has 0 spiro atoms. The van der Waals surface area contributed by atoms with Crippen LogP contribution in [0.4, 0.5) is 0 Å². The zero-order valence-corrected chi connectivity index (χ0v) is 11.3. The second-order valence-electron chi connectivity index (χ2n) is 4.78. The molecule has 1 heterocycles. The molecule has 3 heteroatoms. The molecular weight excluding hydrogens is 240 g/mol. The molecule has 0 N–H and O–H groups in total. The lowest BCUT2D eigenvalue weighted by molar-refractivity contribution is 0.123. The van der Waals surface area contributed by atoms with Crippen LogP contribution in [0, 0.1) is 5.92 Å². The summed E-state index contributed by atoms with van der Waals surface area (Å²) in [5.41, 5.74) is 0. The first-order valence-corrected chi connectivity index (χ1v) is 6.70. The van der Waals surface area contributed by atoms with Crippen molar-refractivity contribution in [2.24, 2.45) is 5.92 Å². The van der Waals surface area contributed by atoms with Gasteiger partial charge in [-0.1, -0.05) is 22.9 Å². The number of piperidine rings is 1. The van der Waals surface area contributed by atoms with Gasteiger partial charge in [-0.3, -0.25) is 0 Å². The van der Waals surface area contributed by atoms with Crippen LogP contribution in [0.15, 0.2) is 0 Å². The summed E-state index contributed by atoms with van der Waals surface area (Å²) in [5, 5.41) is 1.12. The fraction of sp³-hybridized carbons (Fsp3) is 1.00. The van der Waals surface area contributed by atoms with Gasteiger partial charge in [0.25, 0.3) is 0 Å². The third kappa shape index (κ3) is 3.87. The third-order valence-electron chi connectivity index (χ3n) is 3.04. The number of nitrogens with zero attached hydrogens (tertiary/aromatic N) is 2. The molecule has 0 saturated carbocycles. The molecule has 84 valence electrons. The molecule has 2 nitrogen and oxygen atoms in total. The second kappa shape index (κ2) is 6.09. The molecule has 0 radical (unpaired) electrons. The Morgan fingerprint density at radius 2 is 2.21 bits per heavy atom. The van der Waals surface area contributed by atoms with Gasteiger partial charge >= 0.3 is 0 Å². The van der Waals surface area contributed by atoms with Gasteiger partial charge in [0.15, 0.2) is 0 Å². The van der Waals surface area contributed by atoms with Gasteiger partial charge in [0.2, 0.25) is 0 Å². The van der Waals surface area contributed by atoms with Crippen molar-refractivity contribution in [2.75, 3.05) is 39.1 Å². The highest BCUT2D eigenvalue weighted by Crippen LogP contribution is 2.15. The van der Waals surface area contributed by atoms with Crippen molar-refractivity contribution in [2.45, 2.75) is 25.8 Å². The van der Waals surface area contributed by atoms with Gasteiger partial charge in [0, 0.05) is 24.5 Å². The number of hydrogen-bond donors (Lipinski definition) is 0. The summed E-state index contributed by atoms with van der Waals surface area (Å²) in [7, 11) is 4.39. The number of likely N-dealkylation sites (N-methyl/N-ethyl adjacent to an activating group) is 1. The van der Waals surface area contributed by atoms with E-state index in [1.54, 1.807) is 0 Å². The highest BCUT2D eigenvalue weighted by molar-refractivity contribution is 9.09. The molecule has 1 aliphatic rings. The van der Waals surface area contributed by atoms with Crippen molar-refractivity contribution in [1.29, 1.82) is 0 Å². The minimum Gasteiger partial charge on any atom is -0.305 e. The van der Waals surface area contributed by atoms with Crippen LogP contribution >= 0.6 is 15.9 Å². The van der Waals surface area contributed by atoms with Crippen molar-refractivity contribution in [3.05, 3.63) is 0 Å². The first-order valence-electron chi connectivity index (χ1n) is 5.58. The van der Waals surface area contributed by atoms with Crippen LogP contribution in [0.1, 0.15) is 19.8 Å². The largest absolute Gasteiger partial charge is 0.305 e.